The van der Waals surface area contributed by atoms with Crippen molar-refractivity contribution in [3.8, 4) is 5.75 Å². The fourth-order valence-electron chi connectivity index (χ4n) is 3.10. The lowest BCUT2D eigenvalue weighted by atomic mass is 10.1. The molecule has 1 aliphatic rings. The van der Waals surface area contributed by atoms with E-state index < -0.39 is 11.7 Å². The van der Waals surface area contributed by atoms with Crippen molar-refractivity contribution in [1.82, 2.24) is 5.32 Å². The van der Waals surface area contributed by atoms with Gasteiger partial charge in [-0.2, -0.15) is 13.2 Å². The zero-order valence-electron chi connectivity index (χ0n) is 17.2. The fraction of sp³-hybridized carbons (Fsp3) is 0.500. The van der Waals surface area contributed by atoms with Crippen molar-refractivity contribution >= 4 is 11.6 Å². The molecule has 29 heavy (non-hydrogen) atoms. The Morgan fingerprint density at radius 3 is 2.69 bits per heavy atom. The van der Waals surface area contributed by atoms with Gasteiger partial charge in [0.2, 0.25) is 5.90 Å². The number of unbranched alkanes of at least 4 members (excludes halogenated alkanes) is 1. The van der Waals surface area contributed by atoms with Gasteiger partial charge in [-0.25, -0.2) is 4.99 Å². The highest BCUT2D eigenvalue weighted by Gasteiger charge is 2.35. The molecule has 0 aromatic heterocycles. The van der Waals surface area contributed by atoms with E-state index in [0.29, 0.717) is 17.2 Å². The Kier molecular flexibility index (Phi) is 8.76. The molecule has 0 saturated carbocycles. The Hall–Kier alpha value is -2.28. The van der Waals surface area contributed by atoms with Crippen LogP contribution in [0.25, 0.3) is 5.70 Å². The van der Waals surface area contributed by atoms with Crippen molar-refractivity contribution < 1.29 is 22.6 Å². The second kappa shape index (κ2) is 11.0. The normalized spacial score (nSPS) is 18.5. The minimum atomic E-state index is -4.53. The molecule has 1 unspecified atom stereocenters. The molecule has 0 aliphatic carbocycles. The topological polar surface area (TPSA) is 42.8 Å². The number of halogens is 3. The Morgan fingerprint density at radius 2 is 2.10 bits per heavy atom. The Balaban J connectivity index is 2.29. The summed E-state index contributed by atoms with van der Waals surface area (Å²) in [5.74, 6) is 0.289. The van der Waals surface area contributed by atoms with Gasteiger partial charge in [-0.1, -0.05) is 31.6 Å². The second-order valence-corrected chi connectivity index (χ2v) is 6.76. The van der Waals surface area contributed by atoms with Gasteiger partial charge in [-0.3, -0.25) is 0 Å². The quantitative estimate of drug-likeness (QED) is 0.345. The largest absolute Gasteiger partial charge is 0.489 e. The standard InChI is InChI=1S/C22H29F3N2O2/c1-4-6-7-8-14-29-20-12-11-16(15-17(20)22(23,24)25)18(5-2)27-21(28-3)19-10-9-13-26-19/h5,7-8,11-12,15,19,26H,4,6,9-10,13-14H2,1-3H3/b8-7+,18-5-,27-21?. The molecule has 1 aromatic carbocycles. The number of benzene rings is 1. The molecule has 1 heterocycles. The maximum absolute atomic E-state index is 13.6. The highest BCUT2D eigenvalue weighted by Crippen LogP contribution is 2.38. The average Bonchev–Trinajstić information content (AvgIpc) is 3.23. The lowest BCUT2D eigenvalue weighted by Gasteiger charge is -2.16. The van der Waals surface area contributed by atoms with E-state index in [1.165, 1.54) is 13.2 Å². The lowest BCUT2D eigenvalue weighted by Crippen LogP contribution is -2.32. The number of nitrogens with one attached hydrogen (secondary N) is 1. The summed E-state index contributed by atoms with van der Waals surface area (Å²) in [5.41, 5.74) is -0.0249. The van der Waals surface area contributed by atoms with Crippen LogP contribution in [0, 0.1) is 0 Å². The number of hydrogen-bond donors (Lipinski definition) is 1. The summed E-state index contributed by atoms with van der Waals surface area (Å²) < 4.78 is 51.6. The van der Waals surface area contributed by atoms with Crippen LogP contribution in [0.1, 0.15) is 50.7 Å². The van der Waals surface area contributed by atoms with Crippen LogP contribution in [0.5, 0.6) is 5.75 Å². The zero-order chi connectivity index (χ0) is 21.3. The Labute approximate surface area is 170 Å². The monoisotopic (exact) mass is 410 g/mol. The van der Waals surface area contributed by atoms with Crippen molar-refractivity contribution in [3.63, 3.8) is 0 Å². The first-order valence-corrected chi connectivity index (χ1v) is 9.92. The highest BCUT2D eigenvalue weighted by atomic mass is 19.4. The molecular weight excluding hydrogens is 381 g/mol. The SMILES string of the molecule is C/C=C(\N=C(OC)C1CCCN1)c1ccc(OC/C=C/CCC)c(C(F)(F)F)c1. The van der Waals surface area contributed by atoms with Gasteiger partial charge in [0.25, 0.3) is 0 Å². The predicted octanol–water partition coefficient (Wildman–Crippen LogP) is 5.60. The number of allylic oxidation sites excluding steroid dienone is 2. The van der Waals surface area contributed by atoms with Gasteiger partial charge in [0, 0.05) is 5.56 Å². The lowest BCUT2D eigenvalue weighted by molar-refractivity contribution is -0.138. The maximum Gasteiger partial charge on any atom is 0.419 e. The van der Waals surface area contributed by atoms with Crippen molar-refractivity contribution in [3.05, 3.63) is 47.6 Å². The average molecular weight is 410 g/mol. The number of ether oxygens (including phenoxy) is 2. The Morgan fingerprint density at radius 1 is 1.31 bits per heavy atom. The number of methoxy groups -OCH3 is 1. The molecule has 1 aromatic rings. The molecule has 1 fully saturated rings. The first-order chi connectivity index (χ1) is 13.9. The highest BCUT2D eigenvalue weighted by molar-refractivity contribution is 5.88. The second-order valence-electron chi connectivity index (χ2n) is 6.76. The predicted molar refractivity (Wildman–Crippen MR) is 110 cm³/mol. The van der Waals surface area contributed by atoms with E-state index in [1.54, 1.807) is 25.1 Å². The summed E-state index contributed by atoms with van der Waals surface area (Å²) in [6, 6.07) is 4.01. The third-order valence-electron chi connectivity index (χ3n) is 4.61. The molecular formula is C22H29F3N2O2. The van der Waals surface area contributed by atoms with E-state index in [2.05, 4.69) is 10.3 Å². The number of aliphatic imine (C=N–C) groups is 1. The smallest absolute Gasteiger partial charge is 0.419 e. The summed E-state index contributed by atoms with van der Waals surface area (Å²) in [5, 5.41) is 3.28. The van der Waals surface area contributed by atoms with Gasteiger partial charge in [0.15, 0.2) is 0 Å². The summed E-state index contributed by atoms with van der Waals surface area (Å²) in [6.45, 7) is 4.74. The van der Waals surface area contributed by atoms with E-state index in [0.717, 1.165) is 38.3 Å². The molecule has 7 heteroatoms. The molecule has 160 valence electrons. The minimum Gasteiger partial charge on any atom is -0.489 e. The van der Waals surface area contributed by atoms with Gasteiger partial charge in [0.1, 0.15) is 12.4 Å². The summed E-state index contributed by atoms with van der Waals surface area (Å²) in [6.07, 6.45) is 4.52. The summed E-state index contributed by atoms with van der Waals surface area (Å²) in [4.78, 5) is 4.49. The molecule has 1 N–H and O–H groups in total. The minimum absolute atomic E-state index is 0.0189. The van der Waals surface area contributed by atoms with Gasteiger partial charge in [-0.05, 0) is 50.9 Å². The zero-order valence-corrected chi connectivity index (χ0v) is 17.2. The van der Waals surface area contributed by atoms with E-state index in [1.807, 2.05) is 13.0 Å². The van der Waals surface area contributed by atoms with Crippen molar-refractivity contribution in [2.24, 2.45) is 4.99 Å². The third kappa shape index (κ3) is 6.63. The van der Waals surface area contributed by atoms with Gasteiger partial charge < -0.3 is 14.8 Å². The van der Waals surface area contributed by atoms with Gasteiger partial charge in [-0.15, -0.1) is 0 Å². The van der Waals surface area contributed by atoms with Gasteiger partial charge >= 0.3 is 6.18 Å². The molecule has 0 spiro atoms. The molecule has 0 bridgehead atoms. The van der Waals surface area contributed by atoms with E-state index >= 15 is 0 Å². The van der Waals surface area contributed by atoms with Crippen LogP contribution >= 0.6 is 0 Å². The number of rotatable bonds is 8. The van der Waals surface area contributed by atoms with Crippen LogP contribution in [0.2, 0.25) is 0 Å². The third-order valence-corrected chi connectivity index (χ3v) is 4.61. The maximum atomic E-state index is 13.6. The first-order valence-electron chi connectivity index (χ1n) is 9.92. The molecule has 2 rings (SSSR count). The molecule has 0 amide bonds. The summed E-state index contributed by atoms with van der Waals surface area (Å²) in [7, 11) is 1.52. The molecule has 4 nitrogen and oxygen atoms in total. The van der Waals surface area contributed by atoms with Crippen LogP contribution in [-0.4, -0.2) is 32.2 Å². The number of hydrogen-bond acceptors (Lipinski definition) is 4. The summed E-state index contributed by atoms with van der Waals surface area (Å²) >= 11 is 0. The fourth-order valence-corrected chi connectivity index (χ4v) is 3.10. The molecule has 1 aliphatic heterocycles. The van der Waals surface area contributed by atoms with E-state index in [-0.39, 0.29) is 18.4 Å². The van der Waals surface area contributed by atoms with Crippen molar-refractivity contribution in [2.45, 2.75) is 51.7 Å². The van der Waals surface area contributed by atoms with Crippen LogP contribution in [-0.2, 0) is 10.9 Å². The molecule has 1 saturated heterocycles. The van der Waals surface area contributed by atoms with Crippen molar-refractivity contribution in [1.29, 1.82) is 0 Å². The van der Waals surface area contributed by atoms with E-state index in [9.17, 15) is 13.2 Å². The van der Waals surface area contributed by atoms with Crippen LogP contribution in [0.4, 0.5) is 13.2 Å². The first kappa shape index (κ1) is 23.0. The molecule has 1 atom stereocenters. The van der Waals surface area contributed by atoms with Crippen LogP contribution in [0.3, 0.4) is 0 Å². The van der Waals surface area contributed by atoms with Gasteiger partial charge in [0.05, 0.1) is 24.4 Å². The number of alkyl halides is 3. The Bertz CT molecular complexity index is 749. The van der Waals surface area contributed by atoms with E-state index in [4.69, 9.17) is 9.47 Å². The van der Waals surface area contributed by atoms with Crippen LogP contribution < -0.4 is 10.1 Å². The van der Waals surface area contributed by atoms with Crippen LogP contribution in [0.15, 0.2) is 41.4 Å². The van der Waals surface area contributed by atoms with Crippen molar-refractivity contribution in [2.75, 3.05) is 20.3 Å². The molecule has 0 radical (unpaired) electrons. The number of nitrogens with zero attached hydrogens (tertiary/aromatic N) is 1.